The van der Waals surface area contributed by atoms with Gasteiger partial charge in [-0.05, 0) is 87.6 Å². The van der Waals surface area contributed by atoms with Crippen molar-refractivity contribution >= 4 is 50.9 Å². The molecular formula is C31H33Cl2N5O6S. The number of piperidine rings is 1. The molecule has 0 radical (unpaired) electrons. The Kier molecular flexibility index (Phi) is 8.70. The maximum absolute atomic E-state index is 14.7. The fourth-order valence-corrected chi connectivity index (χ4v) is 8.10. The molecule has 11 nitrogen and oxygen atoms in total. The van der Waals surface area contributed by atoms with Gasteiger partial charge in [-0.15, -0.1) is 0 Å². The highest BCUT2D eigenvalue weighted by Crippen LogP contribution is 2.52. The van der Waals surface area contributed by atoms with E-state index in [2.05, 4.69) is 21.8 Å². The zero-order valence-corrected chi connectivity index (χ0v) is 27.2. The van der Waals surface area contributed by atoms with Crippen molar-refractivity contribution in [3.05, 3.63) is 82.0 Å². The number of rotatable bonds is 6. The van der Waals surface area contributed by atoms with Gasteiger partial charge in [0.15, 0.2) is 0 Å². The lowest BCUT2D eigenvalue weighted by molar-refractivity contribution is -0.132. The van der Waals surface area contributed by atoms with Gasteiger partial charge >= 0.3 is 6.09 Å². The number of sulfonamides is 1. The molecule has 3 aliphatic heterocycles. The van der Waals surface area contributed by atoms with Gasteiger partial charge in [-0.25, -0.2) is 18.2 Å². The molecule has 3 aliphatic rings. The number of nitrogens with zero attached hydrogens (tertiary/aromatic N) is 5. The van der Waals surface area contributed by atoms with Gasteiger partial charge in [0, 0.05) is 54.0 Å². The molecule has 238 valence electrons. The minimum Gasteiger partial charge on any atom is -0.481 e. The summed E-state index contributed by atoms with van der Waals surface area (Å²) in [4.78, 5) is 39.1. The number of likely N-dealkylation sites (tertiary alicyclic amines) is 1. The molecule has 45 heavy (non-hydrogen) atoms. The lowest BCUT2D eigenvalue weighted by Gasteiger charge is -2.42. The molecule has 2 fully saturated rings. The summed E-state index contributed by atoms with van der Waals surface area (Å²) >= 11 is 12.5. The van der Waals surface area contributed by atoms with E-state index in [0.29, 0.717) is 41.5 Å². The van der Waals surface area contributed by atoms with E-state index in [4.69, 9.17) is 32.7 Å². The van der Waals surface area contributed by atoms with Crippen LogP contribution in [-0.2, 0) is 25.2 Å². The van der Waals surface area contributed by atoms with E-state index in [1.165, 1.54) is 61.8 Å². The Bertz CT molecular complexity index is 1710. The predicted octanol–water partition coefficient (Wildman–Crippen LogP) is 4.22. The van der Waals surface area contributed by atoms with Gasteiger partial charge in [-0.1, -0.05) is 23.2 Å². The second kappa shape index (κ2) is 12.4. The first-order chi connectivity index (χ1) is 21.6. The van der Waals surface area contributed by atoms with Crippen LogP contribution in [0.4, 0.5) is 10.5 Å². The van der Waals surface area contributed by atoms with Crippen molar-refractivity contribution in [2.24, 2.45) is 0 Å². The molecule has 0 saturated carbocycles. The van der Waals surface area contributed by atoms with Gasteiger partial charge in [0.05, 0.1) is 23.3 Å². The first-order valence-corrected chi connectivity index (χ1v) is 16.8. The molecule has 2 amide bonds. The first kappa shape index (κ1) is 31.6. The van der Waals surface area contributed by atoms with Gasteiger partial charge in [0.1, 0.15) is 0 Å². The standard InChI is InChI=1S/C31H33Cl2N5O6S/c1-35-14-11-23(12-15-35)36-16-18-37(19-17-36)30(40)44-31(25-4-3-13-34-28(25)43-2)26-20-22(33)7-10-27(26)38(29(31)39)45(41,42)24-8-5-21(32)6-9-24/h3-10,13,20,23H,11-12,14-19H2,1-2H3. The van der Waals surface area contributed by atoms with Crippen molar-refractivity contribution in [3.63, 3.8) is 0 Å². The molecule has 2 aromatic carbocycles. The number of pyridine rings is 1. The lowest BCUT2D eigenvalue weighted by Crippen LogP contribution is -2.55. The van der Waals surface area contributed by atoms with Gasteiger partial charge in [-0.2, -0.15) is 4.31 Å². The third-order valence-corrected chi connectivity index (χ3v) is 11.0. The number of ether oxygens (including phenoxy) is 2. The highest BCUT2D eigenvalue weighted by Gasteiger charge is 2.61. The molecule has 0 bridgehead atoms. The van der Waals surface area contributed by atoms with Gasteiger partial charge in [0.2, 0.25) is 5.88 Å². The Hall–Kier alpha value is -3.42. The average Bonchev–Trinajstić information content (AvgIpc) is 3.29. The molecule has 2 saturated heterocycles. The summed E-state index contributed by atoms with van der Waals surface area (Å²) in [6.07, 6.45) is 2.82. The minimum absolute atomic E-state index is 0.00913. The molecule has 1 aromatic heterocycles. The molecule has 6 rings (SSSR count). The first-order valence-electron chi connectivity index (χ1n) is 14.6. The fourth-order valence-electron chi connectivity index (χ4n) is 6.35. The highest BCUT2D eigenvalue weighted by molar-refractivity contribution is 7.93. The van der Waals surface area contributed by atoms with Crippen LogP contribution in [0.15, 0.2) is 65.7 Å². The van der Waals surface area contributed by atoms with Crippen molar-refractivity contribution in [1.29, 1.82) is 0 Å². The number of hydrogen-bond donors (Lipinski definition) is 0. The molecular weight excluding hydrogens is 641 g/mol. The summed E-state index contributed by atoms with van der Waals surface area (Å²) in [7, 11) is -1.02. The minimum atomic E-state index is -4.51. The lowest BCUT2D eigenvalue weighted by atomic mass is 9.87. The van der Waals surface area contributed by atoms with Crippen molar-refractivity contribution in [2.45, 2.75) is 29.4 Å². The van der Waals surface area contributed by atoms with Crippen LogP contribution in [0, 0.1) is 0 Å². The van der Waals surface area contributed by atoms with E-state index in [1.807, 2.05) is 0 Å². The third-order valence-electron chi connectivity index (χ3n) is 8.76. The summed E-state index contributed by atoms with van der Waals surface area (Å²) in [6, 6.07) is 13.3. The zero-order valence-electron chi connectivity index (χ0n) is 24.9. The Morgan fingerprint density at radius 2 is 1.60 bits per heavy atom. The molecule has 14 heteroatoms. The number of amides is 2. The second-order valence-corrected chi connectivity index (χ2v) is 14.0. The van der Waals surface area contributed by atoms with E-state index in [9.17, 15) is 18.0 Å². The van der Waals surface area contributed by atoms with Gasteiger partial charge < -0.3 is 19.3 Å². The van der Waals surface area contributed by atoms with Crippen molar-refractivity contribution < 1.29 is 27.5 Å². The summed E-state index contributed by atoms with van der Waals surface area (Å²) in [5.74, 6) is -1.04. The number of fused-ring (bicyclic) bond motifs is 1. The second-order valence-electron chi connectivity index (χ2n) is 11.4. The average molecular weight is 675 g/mol. The van der Waals surface area contributed by atoms with Crippen LogP contribution in [-0.4, -0.2) is 99.6 Å². The third kappa shape index (κ3) is 5.63. The number of halogens is 2. The van der Waals surface area contributed by atoms with Crippen LogP contribution < -0.4 is 9.04 Å². The highest BCUT2D eigenvalue weighted by atomic mass is 35.5. The zero-order chi connectivity index (χ0) is 31.9. The summed E-state index contributed by atoms with van der Waals surface area (Å²) in [6.45, 7) is 4.13. The summed E-state index contributed by atoms with van der Waals surface area (Å²) in [5, 5.41) is 0.537. The fraction of sp³-hybridized carbons (Fsp3) is 0.387. The normalized spacial score (nSPS) is 21.6. The molecule has 0 spiro atoms. The molecule has 1 unspecified atom stereocenters. The number of aromatic nitrogens is 1. The molecule has 1 atom stereocenters. The number of carbonyl (C=O) groups is 2. The van der Waals surface area contributed by atoms with E-state index in [1.54, 1.807) is 11.0 Å². The summed E-state index contributed by atoms with van der Waals surface area (Å²) in [5.41, 5.74) is -2.15. The molecule has 3 aromatic rings. The van der Waals surface area contributed by atoms with Gasteiger partial charge in [0.25, 0.3) is 21.5 Å². The summed E-state index contributed by atoms with van der Waals surface area (Å²) < 4.78 is 40.6. The van der Waals surface area contributed by atoms with Crippen LogP contribution in [0.3, 0.4) is 0 Å². The SMILES string of the molecule is COc1ncccc1C1(OC(=O)N2CCN(C3CCN(C)CC3)CC2)C(=O)N(S(=O)(=O)c2ccc(Cl)cc2)c2ccc(Cl)cc21. The Labute approximate surface area is 272 Å². The van der Waals surface area contributed by atoms with E-state index in [-0.39, 0.29) is 32.6 Å². The maximum Gasteiger partial charge on any atom is 0.411 e. The van der Waals surface area contributed by atoms with Crippen molar-refractivity contribution in [1.82, 2.24) is 19.7 Å². The van der Waals surface area contributed by atoms with Crippen LogP contribution >= 0.6 is 23.2 Å². The predicted molar refractivity (Wildman–Crippen MR) is 169 cm³/mol. The van der Waals surface area contributed by atoms with E-state index in [0.717, 1.165) is 25.9 Å². The number of benzene rings is 2. The Balaban J connectivity index is 1.40. The number of methoxy groups -OCH3 is 1. The van der Waals surface area contributed by atoms with Crippen molar-refractivity contribution in [3.8, 4) is 5.88 Å². The van der Waals surface area contributed by atoms with Crippen LogP contribution in [0.5, 0.6) is 5.88 Å². The molecule has 0 N–H and O–H groups in total. The van der Waals surface area contributed by atoms with Crippen LogP contribution in [0.2, 0.25) is 10.0 Å². The van der Waals surface area contributed by atoms with E-state index >= 15 is 0 Å². The quantitative estimate of drug-likeness (QED) is 0.380. The number of piperazine rings is 1. The smallest absolute Gasteiger partial charge is 0.411 e. The topological polar surface area (TPSA) is 113 Å². The largest absolute Gasteiger partial charge is 0.481 e. The Morgan fingerprint density at radius 1 is 0.933 bits per heavy atom. The monoisotopic (exact) mass is 673 g/mol. The van der Waals surface area contributed by atoms with Crippen LogP contribution in [0.25, 0.3) is 0 Å². The van der Waals surface area contributed by atoms with Crippen molar-refractivity contribution in [2.75, 3.05) is 57.7 Å². The maximum atomic E-state index is 14.7. The number of hydrogen-bond acceptors (Lipinski definition) is 9. The number of anilines is 1. The number of carbonyl (C=O) groups excluding carboxylic acids is 2. The van der Waals surface area contributed by atoms with Crippen LogP contribution in [0.1, 0.15) is 24.0 Å². The Morgan fingerprint density at radius 3 is 2.27 bits per heavy atom. The van der Waals surface area contributed by atoms with E-state index < -0.39 is 27.6 Å². The molecule has 4 heterocycles. The molecule has 0 aliphatic carbocycles. The van der Waals surface area contributed by atoms with Gasteiger partial charge in [-0.3, -0.25) is 9.69 Å².